The maximum atomic E-state index is 13.3. The van der Waals surface area contributed by atoms with E-state index in [4.69, 9.17) is 4.74 Å². The van der Waals surface area contributed by atoms with Crippen LogP contribution in [0, 0.1) is 0 Å². The zero-order valence-corrected chi connectivity index (χ0v) is 7.84. The van der Waals surface area contributed by atoms with E-state index in [1.54, 1.807) is 0 Å². The van der Waals surface area contributed by atoms with E-state index in [0.717, 1.165) is 32.6 Å². The minimum atomic E-state index is -0.780. The molecule has 0 aliphatic carbocycles. The van der Waals surface area contributed by atoms with Gasteiger partial charge in [-0.15, -0.1) is 0 Å². The molecule has 0 aromatic heterocycles. The molecule has 0 spiro atoms. The second-order valence-electron chi connectivity index (χ2n) is 3.76. The van der Waals surface area contributed by atoms with Gasteiger partial charge in [-0.25, -0.2) is 4.39 Å². The van der Waals surface area contributed by atoms with Crippen molar-refractivity contribution in [2.24, 2.45) is 0 Å². The van der Waals surface area contributed by atoms with Crippen molar-refractivity contribution in [2.45, 2.75) is 18.6 Å². The summed E-state index contributed by atoms with van der Waals surface area (Å²) in [6.45, 7) is 4.84. The highest BCUT2D eigenvalue weighted by Gasteiger charge is 2.32. The molecule has 2 aliphatic heterocycles. The Morgan fingerprint density at radius 2 is 2.15 bits per heavy atom. The third-order valence-electron chi connectivity index (χ3n) is 2.83. The van der Waals surface area contributed by atoms with Gasteiger partial charge in [-0.05, 0) is 19.5 Å². The summed E-state index contributed by atoms with van der Waals surface area (Å²) in [5, 5.41) is 3.31. The minimum absolute atomic E-state index is 0.0138. The smallest absolute Gasteiger partial charge is 0.141 e. The van der Waals surface area contributed by atoms with Gasteiger partial charge in [0.2, 0.25) is 0 Å². The van der Waals surface area contributed by atoms with E-state index >= 15 is 0 Å². The molecule has 0 bridgehead atoms. The first kappa shape index (κ1) is 9.37. The molecular weight excluding hydrogens is 171 g/mol. The van der Waals surface area contributed by atoms with Gasteiger partial charge in [0.05, 0.1) is 19.3 Å². The molecule has 0 unspecified atom stereocenters. The summed E-state index contributed by atoms with van der Waals surface area (Å²) in [7, 11) is 0. The third-order valence-corrected chi connectivity index (χ3v) is 2.83. The van der Waals surface area contributed by atoms with Crippen LogP contribution in [-0.2, 0) is 4.74 Å². The van der Waals surface area contributed by atoms with Crippen molar-refractivity contribution in [3.8, 4) is 0 Å². The molecule has 2 heterocycles. The normalized spacial score (nSPS) is 37.6. The molecule has 2 atom stereocenters. The Hall–Kier alpha value is -0.190. The maximum absolute atomic E-state index is 13.3. The molecule has 0 aromatic carbocycles. The first-order chi connectivity index (χ1) is 6.38. The van der Waals surface area contributed by atoms with Gasteiger partial charge in [0.25, 0.3) is 0 Å². The van der Waals surface area contributed by atoms with Crippen LogP contribution in [0.25, 0.3) is 0 Å². The Bertz CT molecular complexity index is 160. The highest BCUT2D eigenvalue weighted by atomic mass is 19.1. The number of rotatable bonds is 1. The lowest BCUT2D eigenvalue weighted by Gasteiger charge is -2.26. The number of hydrogen-bond acceptors (Lipinski definition) is 3. The Balaban J connectivity index is 1.89. The molecular formula is C9H17FN2O. The van der Waals surface area contributed by atoms with E-state index in [-0.39, 0.29) is 12.6 Å². The number of ether oxygens (including phenoxy) is 1. The van der Waals surface area contributed by atoms with Crippen molar-refractivity contribution in [1.82, 2.24) is 10.2 Å². The molecule has 2 rings (SSSR count). The van der Waals surface area contributed by atoms with Crippen LogP contribution in [0.2, 0.25) is 0 Å². The fourth-order valence-corrected chi connectivity index (χ4v) is 2.05. The first-order valence-electron chi connectivity index (χ1n) is 5.04. The Labute approximate surface area is 78.2 Å². The summed E-state index contributed by atoms with van der Waals surface area (Å²) >= 11 is 0. The van der Waals surface area contributed by atoms with Gasteiger partial charge >= 0.3 is 0 Å². The predicted octanol–water partition coefficient (Wildman–Crippen LogP) is 0.0186. The van der Waals surface area contributed by atoms with Gasteiger partial charge in [-0.2, -0.15) is 0 Å². The molecule has 2 saturated heterocycles. The molecule has 3 nitrogen and oxygen atoms in total. The molecule has 2 aliphatic rings. The fraction of sp³-hybridized carbons (Fsp3) is 1.00. The molecule has 0 radical (unpaired) electrons. The standard InChI is InChI=1S/C9H17FN2O/c10-8-6-13-7-9(8)12-4-1-2-11-3-5-12/h8-9,11H,1-7H2/t8-,9-/m1/s1. The van der Waals surface area contributed by atoms with Gasteiger partial charge in [-0.3, -0.25) is 4.90 Å². The van der Waals surface area contributed by atoms with E-state index in [9.17, 15) is 4.39 Å². The number of nitrogens with zero attached hydrogens (tertiary/aromatic N) is 1. The number of nitrogens with one attached hydrogen (secondary N) is 1. The maximum Gasteiger partial charge on any atom is 0.141 e. The van der Waals surface area contributed by atoms with Crippen LogP contribution in [0.5, 0.6) is 0 Å². The molecule has 0 saturated carbocycles. The topological polar surface area (TPSA) is 24.5 Å². The molecule has 2 fully saturated rings. The van der Waals surface area contributed by atoms with E-state index < -0.39 is 6.17 Å². The molecule has 4 heteroatoms. The van der Waals surface area contributed by atoms with Gasteiger partial charge in [0, 0.05) is 13.1 Å². The zero-order valence-electron chi connectivity index (χ0n) is 7.84. The molecule has 76 valence electrons. The fourth-order valence-electron chi connectivity index (χ4n) is 2.05. The number of alkyl halides is 1. The van der Waals surface area contributed by atoms with Crippen LogP contribution in [0.4, 0.5) is 4.39 Å². The predicted molar refractivity (Wildman–Crippen MR) is 48.6 cm³/mol. The third kappa shape index (κ3) is 2.18. The largest absolute Gasteiger partial charge is 0.377 e. The molecule has 0 aromatic rings. The van der Waals surface area contributed by atoms with Crippen molar-refractivity contribution in [3.63, 3.8) is 0 Å². The Morgan fingerprint density at radius 3 is 2.92 bits per heavy atom. The number of hydrogen-bond donors (Lipinski definition) is 1. The number of halogens is 1. The van der Waals surface area contributed by atoms with Gasteiger partial charge < -0.3 is 10.1 Å². The van der Waals surface area contributed by atoms with Crippen LogP contribution < -0.4 is 5.32 Å². The Morgan fingerprint density at radius 1 is 1.23 bits per heavy atom. The van der Waals surface area contributed by atoms with Gasteiger partial charge in [0.1, 0.15) is 6.17 Å². The minimum Gasteiger partial charge on any atom is -0.377 e. The van der Waals surface area contributed by atoms with E-state index in [0.29, 0.717) is 6.61 Å². The summed E-state index contributed by atoms with van der Waals surface area (Å²) in [6.07, 6.45) is 0.335. The summed E-state index contributed by atoms with van der Waals surface area (Å²) in [5.41, 5.74) is 0. The molecule has 1 N–H and O–H groups in total. The van der Waals surface area contributed by atoms with E-state index in [1.165, 1.54) is 0 Å². The van der Waals surface area contributed by atoms with E-state index in [1.807, 2.05) is 0 Å². The monoisotopic (exact) mass is 188 g/mol. The van der Waals surface area contributed by atoms with E-state index in [2.05, 4.69) is 10.2 Å². The highest BCUT2D eigenvalue weighted by molar-refractivity contribution is 4.85. The second-order valence-corrected chi connectivity index (χ2v) is 3.76. The van der Waals surface area contributed by atoms with Crippen LogP contribution in [-0.4, -0.2) is 56.5 Å². The average Bonchev–Trinajstić information content (AvgIpc) is 2.43. The quantitative estimate of drug-likeness (QED) is 0.628. The van der Waals surface area contributed by atoms with Crippen molar-refractivity contribution in [3.05, 3.63) is 0 Å². The first-order valence-corrected chi connectivity index (χ1v) is 5.04. The lowest BCUT2D eigenvalue weighted by Crippen LogP contribution is -2.43. The molecule has 0 amide bonds. The second kappa shape index (κ2) is 4.35. The van der Waals surface area contributed by atoms with Crippen LogP contribution in [0.1, 0.15) is 6.42 Å². The van der Waals surface area contributed by atoms with Crippen molar-refractivity contribution < 1.29 is 9.13 Å². The SMILES string of the molecule is F[C@@H]1COC[C@H]1N1CCCNCC1. The average molecular weight is 188 g/mol. The van der Waals surface area contributed by atoms with Crippen LogP contribution in [0.15, 0.2) is 0 Å². The highest BCUT2D eigenvalue weighted by Crippen LogP contribution is 2.16. The van der Waals surface area contributed by atoms with Crippen LogP contribution in [0.3, 0.4) is 0 Å². The summed E-state index contributed by atoms with van der Waals surface area (Å²) in [5.74, 6) is 0. The summed E-state index contributed by atoms with van der Waals surface area (Å²) in [6, 6.07) is 0.0138. The molecule has 13 heavy (non-hydrogen) atoms. The summed E-state index contributed by atoms with van der Waals surface area (Å²) < 4.78 is 18.4. The zero-order chi connectivity index (χ0) is 9.10. The van der Waals surface area contributed by atoms with Crippen molar-refractivity contribution in [1.29, 1.82) is 0 Å². The van der Waals surface area contributed by atoms with Gasteiger partial charge in [-0.1, -0.05) is 0 Å². The lowest BCUT2D eigenvalue weighted by molar-refractivity contribution is 0.141. The van der Waals surface area contributed by atoms with Gasteiger partial charge in [0.15, 0.2) is 0 Å². The van der Waals surface area contributed by atoms with Crippen molar-refractivity contribution in [2.75, 3.05) is 39.4 Å². The van der Waals surface area contributed by atoms with Crippen molar-refractivity contribution >= 4 is 0 Å². The lowest BCUT2D eigenvalue weighted by atomic mass is 10.2. The van der Waals surface area contributed by atoms with Crippen LogP contribution >= 0.6 is 0 Å². The Kier molecular flexibility index (Phi) is 3.14. The summed E-state index contributed by atoms with van der Waals surface area (Å²) in [4.78, 5) is 2.22.